The van der Waals surface area contributed by atoms with Crippen LogP contribution in [0.4, 0.5) is 4.39 Å². The molecule has 3 aromatic rings. The second-order valence-electron chi connectivity index (χ2n) is 6.06. The summed E-state index contributed by atoms with van der Waals surface area (Å²) in [7, 11) is 1.53. The maximum Gasteiger partial charge on any atom is 0.180 e. The van der Waals surface area contributed by atoms with Crippen molar-refractivity contribution in [3.8, 4) is 11.5 Å². The maximum absolute atomic E-state index is 13.9. The predicted octanol–water partition coefficient (Wildman–Crippen LogP) is 5.40. The van der Waals surface area contributed by atoms with Crippen molar-refractivity contribution < 1.29 is 13.9 Å². The van der Waals surface area contributed by atoms with Crippen molar-refractivity contribution in [3.05, 3.63) is 87.4 Å². The third-order valence-electron chi connectivity index (χ3n) is 4.09. The molecular weight excluding hydrogens is 402 g/mol. The van der Waals surface area contributed by atoms with Crippen molar-refractivity contribution in [1.29, 1.82) is 0 Å². The molecule has 0 radical (unpaired) electrons. The minimum absolute atomic E-state index is 0.0554. The number of ether oxygens (including phenoxy) is 2. The number of benzene rings is 2. The Morgan fingerprint density at radius 1 is 1.04 bits per heavy atom. The van der Waals surface area contributed by atoms with Crippen LogP contribution in [-0.2, 0) is 19.7 Å². The first-order valence-electron chi connectivity index (χ1n) is 8.60. The molecule has 3 rings (SSSR count). The Labute approximate surface area is 173 Å². The number of pyridine rings is 1. The molecule has 0 aliphatic rings. The third-order valence-corrected chi connectivity index (χ3v) is 4.73. The van der Waals surface area contributed by atoms with Gasteiger partial charge in [0.1, 0.15) is 12.4 Å². The van der Waals surface area contributed by atoms with Gasteiger partial charge in [-0.25, -0.2) is 4.39 Å². The molecule has 2 aromatic carbocycles. The van der Waals surface area contributed by atoms with E-state index in [-0.39, 0.29) is 12.2 Å². The summed E-state index contributed by atoms with van der Waals surface area (Å²) >= 11 is 12.4. The quantitative estimate of drug-likeness (QED) is 0.529. The van der Waals surface area contributed by atoms with Crippen LogP contribution in [0.2, 0.25) is 10.0 Å². The van der Waals surface area contributed by atoms with Crippen LogP contribution >= 0.6 is 23.2 Å². The number of rotatable bonds is 8. The molecule has 0 aliphatic heterocycles. The van der Waals surface area contributed by atoms with Crippen LogP contribution in [-0.4, -0.2) is 12.1 Å². The van der Waals surface area contributed by atoms with Crippen LogP contribution in [0, 0.1) is 5.82 Å². The van der Waals surface area contributed by atoms with E-state index in [1.165, 1.54) is 13.2 Å². The fraction of sp³-hybridized carbons (Fsp3) is 0.190. The first kappa shape index (κ1) is 20.4. The molecule has 0 atom stereocenters. The van der Waals surface area contributed by atoms with E-state index in [0.717, 1.165) is 11.1 Å². The Morgan fingerprint density at radius 3 is 2.57 bits per heavy atom. The molecule has 0 bridgehead atoms. The van der Waals surface area contributed by atoms with E-state index in [2.05, 4.69) is 10.3 Å². The van der Waals surface area contributed by atoms with Crippen molar-refractivity contribution in [2.24, 2.45) is 0 Å². The SMILES string of the molecule is COc1cc(CNCc2cccnc2)cc(Cl)c1OCc1c(F)cccc1Cl. The summed E-state index contributed by atoms with van der Waals surface area (Å²) in [5.41, 5.74) is 2.29. The van der Waals surface area contributed by atoms with Crippen LogP contribution in [0.15, 0.2) is 54.9 Å². The summed E-state index contributed by atoms with van der Waals surface area (Å²) in [5.74, 6) is 0.386. The lowest BCUT2D eigenvalue weighted by atomic mass is 10.2. The summed E-state index contributed by atoms with van der Waals surface area (Å²) in [6, 6.07) is 12.0. The summed E-state index contributed by atoms with van der Waals surface area (Å²) < 4.78 is 25.1. The van der Waals surface area contributed by atoms with Crippen LogP contribution in [0.3, 0.4) is 0 Å². The standard InChI is InChI=1S/C21H19Cl2FN2O2/c1-27-20-9-15(12-26-11-14-4-3-7-25-10-14)8-18(23)21(20)28-13-16-17(22)5-2-6-19(16)24/h2-10,26H,11-13H2,1H3. The van der Waals surface area contributed by atoms with Crippen molar-refractivity contribution >= 4 is 23.2 Å². The Kier molecular flexibility index (Phi) is 7.09. The van der Waals surface area contributed by atoms with Crippen LogP contribution in [0.5, 0.6) is 11.5 Å². The lowest BCUT2D eigenvalue weighted by Crippen LogP contribution is -2.13. The summed E-state index contributed by atoms with van der Waals surface area (Å²) in [5, 5.41) is 4.00. The number of aromatic nitrogens is 1. The molecule has 0 aliphatic carbocycles. The molecule has 0 amide bonds. The number of nitrogens with zero attached hydrogens (tertiary/aromatic N) is 1. The van der Waals surface area contributed by atoms with E-state index in [4.69, 9.17) is 32.7 Å². The van der Waals surface area contributed by atoms with Gasteiger partial charge in [0, 0.05) is 31.0 Å². The van der Waals surface area contributed by atoms with E-state index in [1.807, 2.05) is 24.4 Å². The maximum atomic E-state index is 13.9. The van der Waals surface area contributed by atoms with Gasteiger partial charge in [-0.3, -0.25) is 4.98 Å². The average Bonchev–Trinajstić information content (AvgIpc) is 2.69. The Bertz CT molecular complexity index is 919. The van der Waals surface area contributed by atoms with Crippen molar-refractivity contribution in [1.82, 2.24) is 10.3 Å². The number of nitrogens with one attached hydrogen (secondary N) is 1. The highest BCUT2D eigenvalue weighted by atomic mass is 35.5. The zero-order valence-corrected chi connectivity index (χ0v) is 16.7. The van der Waals surface area contributed by atoms with E-state index in [0.29, 0.717) is 34.6 Å². The van der Waals surface area contributed by atoms with Gasteiger partial charge in [-0.1, -0.05) is 35.3 Å². The highest BCUT2D eigenvalue weighted by molar-refractivity contribution is 6.32. The molecule has 146 valence electrons. The topological polar surface area (TPSA) is 43.4 Å². The average molecular weight is 421 g/mol. The van der Waals surface area contributed by atoms with Gasteiger partial charge in [-0.2, -0.15) is 0 Å². The van der Waals surface area contributed by atoms with Gasteiger partial charge in [0.15, 0.2) is 11.5 Å². The highest BCUT2D eigenvalue weighted by Crippen LogP contribution is 2.37. The summed E-state index contributed by atoms with van der Waals surface area (Å²) in [6.07, 6.45) is 3.55. The largest absolute Gasteiger partial charge is 0.493 e. The number of hydrogen-bond acceptors (Lipinski definition) is 4. The van der Waals surface area contributed by atoms with Gasteiger partial charge in [0.05, 0.1) is 17.2 Å². The fourth-order valence-corrected chi connectivity index (χ4v) is 3.19. The molecule has 0 spiro atoms. The molecule has 1 aromatic heterocycles. The molecular formula is C21H19Cl2FN2O2. The summed E-state index contributed by atoms with van der Waals surface area (Å²) in [6.45, 7) is 1.21. The molecule has 7 heteroatoms. The zero-order valence-electron chi connectivity index (χ0n) is 15.2. The van der Waals surface area contributed by atoms with Crippen molar-refractivity contribution in [3.63, 3.8) is 0 Å². The van der Waals surface area contributed by atoms with Crippen LogP contribution in [0.1, 0.15) is 16.7 Å². The smallest absolute Gasteiger partial charge is 0.180 e. The third kappa shape index (κ3) is 5.13. The molecule has 28 heavy (non-hydrogen) atoms. The molecule has 4 nitrogen and oxygen atoms in total. The monoisotopic (exact) mass is 420 g/mol. The fourth-order valence-electron chi connectivity index (χ4n) is 2.68. The van der Waals surface area contributed by atoms with E-state index < -0.39 is 5.82 Å². The van der Waals surface area contributed by atoms with E-state index in [9.17, 15) is 4.39 Å². The summed E-state index contributed by atoms with van der Waals surface area (Å²) in [4.78, 5) is 4.09. The second-order valence-corrected chi connectivity index (χ2v) is 6.88. The minimum Gasteiger partial charge on any atom is -0.493 e. The van der Waals surface area contributed by atoms with E-state index in [1.54, 1.807) is 24.4 Å². The second kappa shape index (κ2) is 9.73. The van der Waals surface area contributed by atoms with Gasteiger partial charge < -0.3 is 14.8 Å². The predicted molar refractivity (Wildman–Crippen MR) is 109 cm³/mol. The first-order valence-corrected chi connectivity index (χ1v) is 9.35. The first-order chi connectivity index (χ1) is 13.6. The number of hydrogen-bond donors (Lipinski definition) is 1. The normalized spacial score (nSPS) is 10.7. The van der Waals surface area contributed by atoms with Crippen molar-refractivity contribution in [2.45, 2.75) is 19.7 Å². The van der Waals surface area contributed by atoms with Gasteiger partial charge in [-0.15, -0.1) is 0 Å². The van der Waals surface area contributed by atoms with Gasteiger partial charge >= 0.3 is 0 Å². The lowest BCUT2D eigenvalue weighted by Gasteiger charge is -2.15. The molecule has 0 unspecified atom stereocenters. The molecule has 0 saturated carbocycles. The van der Waals surface area contributed by atoms with Crippen molar-refractivity contribution in [2.75, 3.05) is 7.11 Å². The van der Waals surface area contributed by atoms with Gasteiger partial charge in [0.25, 0.3) is 0 Å². The molecule has 1 heterocycles. The van der Waals surface area contributed by atoms with E-state index >= 15 is 0 Å². The molecule has 1 N–H and O–H groups in total. The number of methoxy groups -OCH3 is 1. The molecule has 0 fully saturated rings. The Morgan fingerprint density at radius 2 is 1.86 bits per heavy atom. The van der Waals surface area contributed by atoms with Gasteiger partial charge in [-0.05, 0) is 41.5 Å². The lowest BCUT2D eigenvalue weighted by molar-refractivity contribution is 0.280. The molecule has 0 saturated heterocycles. The number of halogens is 3. The zero-order chi connectivity index (χ0) is 19.9. The Balaban J connectivity index is 1.69. The van der Waals surface area contributed by atoms with Crippen LogP contribution < -0.4 is 14.8 Å². The highest BCUT2D eigenvalue weighted by Gasteiger charge is 2.15. The minimum atomic E-state index is -0.432. The van der Waals surface area contributed by atoms with Crippen LogP contribution in [0.25, 0.3) is 0 Å². The Hall–Kier alpha value is -2.34. The van der Waals surface area contributed by atoms with Gasteiger partial charge in [0.2, 0.25) is 0 Å².